The normalized spacial score (nSPS) is 25.5. The number of aliphatic hydroxyl groups is 1. The largest absolute Gasteiger partial charge is 0.497 e. The van der Waals surface area contributed by atoms with Crippen molar-refractivity contribution < 1.29 is 19.4 Å². The number of aliphatic hydroxyl groups excluding tert-OH is 1. The van der Waals surface area contributed by atoms with Crippen LogP contribution in [0.1, 0.15) is 17.5 Å². The third kappa shape index (κ3) is 3.43. The summed E-state index contributed by atoms with van der Waals surface area (Å²) in [5.41, 5.74) is 1.34. The molecule has 3 saturated heterocycles. The number of benzene rings is 2. The summed E-state index contributed by atoms with van der Waals surface area (Å²) < 4.78 is 5.22. The zero-order valence-electron chi connectivity index (χ0n) is 17.6. The van der Waals surface area contributed by atoms with Crippen molar-refractivity contribution in [2.24, 2.45) is 0 Å². The van der Waals surface area contributed by atoms with Crippen molar-refractivity contribution >= 4 is 11.8 Å². The van der Waals surface area contributed by atoms with E-state index in [2.05, 4.69) is 4.90 Å². The molecule has 3 heterocycles. The van der Waals surface area contributed by atoms with E-state index < -0.39 is 17.7 Å². The maximum absolute atomic E-state index is 13.6. The standard InChI is InChI=1S/C24H27N3O4/c1-31-20-9-7-18(8-10-20)12-25-15-24(16-25)23(30)26(13-17-5-3-2-4-6-17)22(29)21-11-19(28)14-27(21)24/h2-10,19,21,28H,11-16H2,1H3/t19-,21+/m1/s1. The number of β-amino-alcohol motifs (C(OH)–C–C–N with tert-alkyl or cyclic N) is 1. The lowest BCUT2D eigenvalue weighted by Crippen LogP contribution is -2.81. The van der Waals surface area contributed by atoms with Gasteiger partial charge < -0.3 is 9.84 Å². The van der Waals surface area contributed by atoms with Gasteiger partial charge in [-0.25, -0.2) is 0 Å². The Kier molecular flexibility index (Phi) is 5.04. The van der Waals surface area contributed by atoms with Crippen LogP contribution in [-0.4, -0.2) is 76.0 Å². The first-order valence-electron chi connectivity index (χ1n) is 10.7. The van der Waals surface area contributed by atoms with Gasteiger partial charge in [0.1, 0.15) is 11.3 Å². The molecule has 5 rings (SSSR count). The molecule has 2 amide bonds. The number of ether oxygens (including phenoxy) is 1. The van der Waals surface area contributed by atoms with Gasteiger partial charge in [-0.05, 0) is 29.7 Å². The summed E-state index contributed by atoms with van der Waals surface area (Å²) in [5.74, 6) is 0.484. The number of methoxy groups -OCH3 is 1. The van der Waals surface area contributed by atoms with Crippen LogP contribution in [0.5, 0.6) is 5.75 Å². The third-order valence-corrected chi connectivity index (χ3v) is 6.74. The number of rotatable bonds is 5. The Hall–Kier alpha value is -2.74. The van der Waals surface area contributed by atoms with Crippen molar-refractivity contribution in [3.05, 3.63) is 65.7 Å². The highest BCUT2D eigenvalue weighted by molar-refractivity contribution is 6.06. The first-order chi connectivity index (χ1) is 15.0. The third-order valence-electron chi connectivity index (χ3n) is 6.74. The van der Waals surface area contributed by atoms with E-state index in [1.54, 1.807) is 7.11 Å². The number of amides is 2. The molecule has 0 bridgehead atoms. The van der Waals surface area contributed by atoms with Crippen molar-refractivity contribution in [3.8, 4) is 5.75 Å². The molecule has 0 aromatic heterocycles. The smallest absolute Gasteiger partial charge is 0.252 e. The summed E-state index contributed by atoms with van der Waals surface area (Å²) in [6.07, 6.45) is -0.191. The summed E-state index contributed by atoms with van der Waals surface area (Å²) >= 11 is 0. The predicted molar refractivity (Wildman–Crippen MR) is 114 cm³/mol. The highest BCUT2D eigenvalue weighted by atomic mass is 16.5. The Bertz CT molecular complexity index is 972. The second-order valence-electron chi connectivity index (χ2n) is 8.80. The molecule has 2 atom stereocenters. The van der Waals surface area contributed by atoms with E-state index in [9.17, 15) is 14.7 Å². The Morgan fingerprint density at radius 2 is 1.68 bits per heavy atom. The minimum atomic E-state index is -0.739. The van der Waals surface area contributed by atoms with E-state index >= 15 is 0 Å². The van der Waals surface area contributed by atoms with Crippen molar-refractivity contribution in [1.29, 1.82) is 0 Å². The summed E-state index contributed by atoms with van der Waals surface area (Å²) in [5, 5.41) is 10.3. The number of likely N-dealkylation sites (tertiary alicyclic amines) is 1. The van der Waals surface area contributed by atoms with E-state index in [1.165, 1.54) is 4.90 Å². The number of nitrogens with zero attached hydrogens (tertiary/aromatic N) is 3. The number of piperazine rings is 1. The molecular formula is C24H27N3O4. The quantitative estimate of drug-likeness (QED) is 0.733. The highest BCUT2D eigenvalue weighted by Gasteiger charge is 2.64. The zero-order chi connectivity index (χ0) is 21.6. The molecule has 31 heavy (non-hydrogen) atoms. The molecule has 0 unspecified atom stereocenters. The Balaban J connectivity index is 1.36. The van der Waals surface area contributed by atoms with Crippen molar-refractivity contribution in [2.75, 3.05) is 26.7 Å². The number of imide groups is 1. The van der Waals surface area contributed by atoms with Crippen molar-refractivity contribution in [3.63, 3.8) is 0 Å². The molecule has 0 aliphatic carbocycles. The van der Waals surface area contributed by atoms with Crippen LogP contribution in [0.3, 0.4) is 0 Å². The van der Waals surface area contributed by atoms with E-state index in [-0.39, 0.29) is 18.4 Å². The zero-order valence-corrected chi connectivity index (χ0v) is 17.6. The fraction of sp³-hybridized carbons (Fsp3) is 0.417. The van der Waals surface area contributed by atoms with Gasteiger partial charge in [0, 0.05) is 26.2 Å². The molecule has 3 aliphatic heterocycles. The molecule has 1 spiro atoms. The Morgan fingerprint density at radius 3 is 2.35 bits per heavy atom. The lowest BCUT2D eigenvalue weighted by atomic mass is 9.82. The predicted octanol–water partition coefficient (Wildman–Crippen LogP) is 1.25. The molecule has 3 aliphatic rings. The molecule has 1 N–H and O–H groups in total. The second-order valence-corrected chi connectivity index (χ2v) is 8.80. The number of hydrogen-bond acceptors (Lipinski definition) is 6. The van der Waals surface area contributed by atoms with Gasteiger partial charge in [0.2, 0.25) is 5.91 Å². The monoisotopic (exact) mass is 421 g/mol. The molecule has 162 valence electrons. The molecule has 0 saturated carbocycles. The van der Waals surface area contributed by atoms with Crippen LogP contribution < -0.4 is 4.74 Å². The van der Waals surface area contributed by atoms with Crippen LogP contribution in [0.2, 0.25) is 0 Å². The maximum atomic E-state index is 13.6. The van der Waals surface area contributed by atoms with Gasteiger partial charge in [-0.15, -0.1) is 0 Å². The Morgan fingerprint density at radius 1 is 1.00 bits per heavy atom. The number of hydrogen-bond donors (Lipinski definition) is 1. The first-order valence-corrected chi connectivity index (χ1v) is 10.7. The van der Waals surface area contributed by atoms with Crippen LogP contribution in [-0.2, 0) is 22.7 Å². The fourth-order valence-corrected chi connectivity index (χ4v) is 5.20. The fourth-order valence-electron chi connectivity index (χ4n) is 5.20. The average molecular weight is 421 g/mol. The van der Waals surface area contributed by atoms with Crippen LogP contribution in [0.4, 0.5) is 0 Å². The van der Waals surface area contributed by atoms with E-state index in [1.807, 2.05) is 59.5 Å². The van der Waals surface area contributed by atoms with Crippen LogP contribution in [0, 0.1) is 0 Å². The average Bonchev–Trinajstić information content (AvgIpc) is 3.16. The minimum absolute atomic E-state index is 0.141. The van der Waals surface area contributed by atoms with Gasteiger partial charge >= 0.3 is 0 Å². The summed E-state index contributed by atoms with van der Waals surface area (Å²) in [6.45, 7) is 2.49. The SMILES string of the molecule is COc1ccc(CN2CC3(C2)C(=O)N(Cc2ccccc2)C(=O)[C@@H]2C[C@@H](O)CN23)cc1. The lowest BCUT2D eigenvalue weighted by molar-refractivity contribution is -0.181. The number of carbonyl (C=O) groups is 2. The van der Waals surface area contributed by atoms with Crippen molar-refractivity contribution in [1.82, 2.24) is 14.7 Å². The number of carbonyl (C=O) groups excluding carboxylic acids is 2. The van der Waals surface area contributed by atoms with Crippen LogP contribution >= 0.6 is 0 Å². The number of fused-ring (bicyclic) bond motifs is 2. The summed E-state index contributed by atoms with van der Waals surface area (Å²) in [4.78, 5) is 32.4. The van der Waals surface area contributed by atoms with E-state index in [4.69, 9.17) is 4.74 Å². The van der Waals surface area contributed by atoms with Crippen LogP contribution in [0.25, 0.3) is 0 Å². The van der Waals surface area contributed by atoms with Gasteiger partial charge in [-0.2, -0.15) is 0 Å². The lowest BCUT2D eigenvalue weighted by Gasteiger charge is -2.58. The molecule has 0 radical (unpaired) electrons. The summed E-state index contributed by atoms with van der Waals surface area (Å²) in [6, 6.07) is 17.1. The summed E-state index contributed by atoms with van der Waals surface area (Å²) in [7, 11) is 1.65. The first kappa shape index (κ1) is 20.2. The molecule has 2 aromatic carbocycles. The molecule has 3 fully saturated rings. The van der Waals surface area contributed by atoms with Crippen molar-refractivity contribution in [2.45, 2.75) is 37.2 Å². The van der Waals surface area contributed by atoms with Gasteiger partial charge in [-0.1, -0.05) is 42.5 Å². The Labute approximate surface area is 181 Å². The van der Waals surface area contributed by atoms with Gasteiger partial charge in [0.15, 0.2) is 0 Å². The molecule has 2 aromatic rings. The van der Waals surface area contributed by atoms with E-state index in [0.29, 0.717) is 26.1 Å². The minimum Gasteiger partial charge on any atom is -0.497 e. The topological polar surface area (TPSA) is 73.3 Å². The molecule has 7 nitrogen and oxygen atoms in total. The van der Waals surface area contributed by atoms with Crippen LogP contribution in [0.15, 0.2) is 54.6 Å². The second kappa shape index (κ2) is 7.75. The van der Waals surface area contributed by atoms with Gasteiger partial charge in [0.25, 0.3) is 5.91 Å². The van der Waals surface area contributed by atoms with E-state index in [0.717, 1.165) is 23.4 Å². The van der Waals surface area contributed by atoms with Gasteiger partial charge in [-0.3, -0.25) is 24.3 Å². The molecule has 7 heteroatoms. The van der Waals surface area contributed by atoms with Gasteiger partial charge in [0.05, 0.1) is 25.8 Å². The molecular weight excluding hydrogens is 394 g/mol. The maximum Gasteiger partial charge on any atom is 0.252 e. The highest BCUT2D eigenvalue weighted by Crippen LogP contribution is 2.41.